The molecule has 3 aliphatic rings. The van der Waals surface area contributed by atoms with Crippen molar-refractivity contribution in [2.24, 2.45) is 4.99 Å². The second-order valence-electron chi connectivity index (χ2n) is 8.21. The minimum absolute atomic E-state index is 0.140. The van der Waals surface area contributed by atoms with Crippen LogP contribution < -0.4 is 16.0 Å². The lowest BCUT2D eigenvalue weighted by Gasteiger charge is -2.20. The lowest BCUT2D eigenvalue weighted by atomic mass is 9.97. The first-order valence-corrected chi connectivity index (χ1v) is 11.5. The van der Waals surface area contributed by atoms with Crippen LogP contribution >= 0.6 is 0 Å². The number of ketones is 4. The number of hydrogen-bond donors (Lipinski definition) is 3. The maximum atomic E-state index is 12.2. The number of nitrogens with one attached hydrogen (secondary N) is 3. The van der Waals surface area contributed by atoms with Gasteiger partial charge in [0, 0.05) is 35.9 Å². The van der Waals surface area contributed by atoms with Gasteiger partial charge in [-0.05, 0) is 24.3 Å². The number of benzene rings is 2. The Hall–Kier alpha value is -5.51. The molecule has 0 amide bonds. The maximum Gasteiger partial charge on any atom is 0.228 e. The Bertz CT molecular complexity index is 1570. The number of Topliss-reactive ketones (excluding diaryl/α,β-unsaturated/α-hetero) is 2. The zero-order valence-electron chi connectivity index (χ0n) is 19.8. The van der Waals surface area contributed by atoms with Crippen molar-refractivity contribution in [3.8, 4) is 0 Å². The zero-order chi connectivity index (χ0) is 26.5. The molecule has 2 aliphatic carbocycles. The van der Waals surface area contributed by atoms with Gasteiger partial charge in [0.05, 0.1) is 28.2 Å². The summed E-state index contributed by atoms with van der Waals surface area (Å²) >= 11 is 0. The van der Waals surface area contributed by atoms with E-state index in [0.29, 0.717) is 17.9 Å². The van der Waals surface area contributed by atoms with Crippen molar-refractivity contribution in [1.29, 1.82) is 0 Å². The number of rotatable bonds is 4. The molecule has 1 aromatic heterocycles. The molecule has 2 aromatic carbocycles. The first-order valence-electron chi connectivity index (χ1n) is 11.5. The van der Waals surface area contributed by atoms with Gasteiger partial charge in [0.1, 0.15) is 18.7 Å². The molecule has 0 atom stereocenters. The van der Waals surface area contributed by atoms with Gasteiger partial charge in [-0.2, -0.15) is 0 Å². The van der Waals surface area contributed by atoms with Crippen LogP contribution in [-0.2, 0) is 9.59 Å². The van der Waals surface area contributed by atoms with E-state index in [1.54, 1.807) is 0 Å². The molecule has 1 aliphatic heterocycles. The average Bonchev–Trinajstić information content (AvgIpc) is 2.96. The monoisotopic (exact) mass is 504 g/mol. The predicted molar refractivity (Wildman–Crippen MR) is 141 cm³/mol. The fourth-order valence-electron chi connectivity index (χ4n) is 3.86. The number of para-hydroxylation sites is 2. The van der Waals surface area contributed by atoms with E-state index in [-0.39, 0.29) is 45.8 Å². The van der Waals surface area contributed by atoms with E-state index < -0.39 is 0 Å². The molecule has 0 spiro atoms. The summed E-state index contributed by atoms with van der Waals surface area (Å²) in [6.07, 6.45) is 6.67. The van der Waals surface area contributed by atoms with Crippen LogP contribution in [0.3, 0.4) is 0 Å². The van der Waals surface area contributed by atoms with Crippen molar-refractivity contribution in [3.63, 3.8) is 0 Å². The van der Waals surface area contributed by atoms with E-state index in [1.165, 1.54) is 30.9 Å². The lowest BCUT2D eigenvalue weighted by Crippen LogP contribution is -2.33. The Morgan fingerprint density at radius 3 is 2.00 bits per heavy atom. The summed E-state index contributed by atoms with van der Waals surface area (Å²) in [4.78, 5) is 59.8. The molecule has 3 N–H and O–H groups in total. The van der Waals surface area contributed by atoms with Crippen LogP contribution in [0.1, 0.15) is 20.8 Å². The highest BCUT2D eigenvalue weighted by atomic mass is 16.1. The topological polar surface area (TPSA) is 143 Å². The third kappa shape index (κ3) is 5.05. The summed E-state index contributed by atoms with van der Waals surface area (Å²) in [7, 11) is 0. The molecule has 0 unspecified atom stereocenters. The van der Waals surface area contributed by atoms with Crippen LogP contribution in [0.15, 0.2) is 113 Å². The van der Waals surface area contributed by atoms with Gasteiger partial charge in [-0.3, -0.25) is 24.2 Å². The summed E-state index contributed by atoms with van der Waals surface area (Å²) in [6.45, 7) is 0.327. The molecule has 0 saturated heterocycles. The second kappa shape index (κ2) is 10.6. The fraction of sp³-hybridized carbons (Fsp3) is 0.0357. The highest BCUT2D eigenvalue weighted by molar-refractivity contribution is 6.31. The third-order valence-electron chi connectivity index (χ3n) is 5.67. The van der Waals surface area contributed by atoms with Gasteiger partial charge in [-0.25, -0.2) is 9.97 Å². The zero-order valence-corrected chi connectivity index (χ0v) is 19.8. The lowest BCUT2D eigenvalue weighted by molar-refractivity contribution is -0.115. The van der Waals surface area contributed by atoms with Crippen LogP contribution in [0.5, 0.6) is 0 Å². The van der Waals surface area contributed by atoms with Crippen molar-refractivity contribution < 1.29 is 19.2 Å². The van der Waals surface area contributed by atoms with Crippen LogP contribution in [0, 0.1) is 0 Å². The van der Waals surface area contributed by atoms with Crippen LogP contribution in [0.4, 0.5) is 11.4 Å². The molecule has 0 saturated carbocycles. The van der Waals surface area contributed by atoms with Gasteiger partial charge in [0.15, 0.2) is 5.78 Å². The number of anilines is 2. The minimum Gasteiger partial charge on any atom is -0.362 e. The molecule has 0 fully saturated rings. The minimum atomic E-state index is -0.305. The first kappa shape index (κ1) is 24.2. The number of carbonyl (C=O) groups excluding carboxylic acids is 4. The highest BCUT2D eigenvalue weighted by Crippen LogP contribution is 2.21. The van der Waals surface area contributed by atoms with Crippen molar-refractivity contribution in [1.82, 2.24) is 15.3 Å². The number of hydrogen-bond acceptors (Lipinski definition) is 10. The number of nitrogens with zero attached hydrogens (tertiary/aromatic N) is 3. The Morgan fingerprint density at radius 1 is 0.737 bits per heavy atom. The summed E-state index contributed by atoms with van der Waals surface area (Å²) < 4.78 is 0. The van der Waals surface area contributed by atoms with Crippen LogP contribution in [0.25, 0.3) is 0 Å². The van der Waals surface area contributed by atoms with Crippen LogP contribution in [-0.4, -0.2) is 46.0 Å². The molecule has 3 aromatic rings. The Labute approximate surface area is 216 Å². The van der Waals surface area contributed by atoms with Gasteiger partial charge in [0.2, 0.25) is 17.3 Å². The number of allylic oxidation sites excluding steroid dienone is 4. The van der Waals surface area contributed by atoms with Gasteiger partial charge in [-0.1, -0.05) is 36.4 Å². The van der Waals surface area contributed by atoms with E-state index in [0.717, 1.165) is 11.4 Å². The Kier molecular flexibility index (Phi) is 6.77. The highest BCUT2D eigenvalue weighted by Gasteiger charge is 2.29. The molecule has 0 bridgehead atoms. The SMILES string of the molecule is O=C1C=C(Nc2ccccc2)C(=O)C2=C1NCN=C2.O=C1C=C(Nc2ccccc2)C(=O)c2ncncc21. The number of aromatic nitrogens is 2. The largest absolute Gasteiger partial charge is 0.362 e. The van der Waals surface area contributed by atoms with E-state index in [4.69, 9.17) is 0 Å². The molecule has 10 heteroatoms. The Balaban J connectivity index is 0.000000155. The van der Waals surface area contributed by atoms with Crippen LogP contribution in [0.2, 0.25) is 0 Å². The van der Waals surface area contributed by atoms with Gasteiger partial charge >= 0.3 is 0 Å². The molecule has 2 heterocycles. The first-order chi connectivity index (χ1) is 18.5. The molecular weight excluding hydrogens is 484 g/mol. The molecule has 186 valence electrons. The van der Waals surface area contributed by atoms with E-state index in [2.05, 4.69) is 30.9 Å². The average molecular weight is 505 g/mol. The van der Waals surface area contributed by atoms with Gasteiger partial charge in [0.25, 0.3) is 0 Å². The third-order valence-corrected chi connectivity index (χ3v) is 5.67. The summed E-state index contributed by atoms with van der Waals surface area (Å²) in [5.74, 6) is -1.01. The Morgan fingerprint density at radius 2 is 1.34 bits per heavy atom. The quantitative estimate of drug-likeness (QED) is 0.457. The molecule has 6 rings (SSSR count). The van der Waals surface area contributed by atoms with Crippen molar-refractivity contribution in [2.75, 3.05) is 17.3 Å². The smallest absolute Gasteiger partial charge is 0.228 e. The van der Waals surface area contributed by atoms with Gasteiger partial charge < -0.3 is 16.0 Å². The predicted octanol–water partition coefficient (Wildman–Crippen LogP) is 2.87. The maximum absolute atomic E-state index is 12.2. The normalized spacial score (nSPS) is 15.8. The fourth-order valence-corrected chi connectivity index (χ4v) is 3.86. The molecular formula is C28H20N6O4. The number of aliphatic imine (C=N–C) groups is 1. The van der Waals surface area contributed by atoms with Crippen molar-refractivity contribution in [2.45, 2.75) is 0 Å². The van der Waals surface area contributed by atoms with E-state index >= 15 is 0 Å². The standard InChI is InChI=1S/C14H11N3O2.C14H9N3O2/c18-12-6-11(17-9-4-2-1-3-5-9)14(19)10-7-15-8-16-13(10)12;18-12-6-11(17-9-4-2-1-3-5-9)14(19)13-10(12)7-15-8-16-13/h1-7,16-17H,8H2;1-8,17H. The summed E-state index contributed by atoms with van der Waals surface area (Å²) in [6, 6.07) is 18.4. The molecule has 10 nitrogen and oxygen atoms in total. The number of carbonyl (C=O) groups is 4. The molecule has 0 radical (unpaired) electrons. The van der Waals surface area contributed by atoms with Crippen molar-refractivity contribution >= 4 is 40.7 Å². The summed E-state index contributed by atoms with van der Waals surface area (Å²) in [5, 5.41) is 8.72. The molecule has 38 heavy (non-hydrogen) atoms. The van der Waals surface area contributed by atoms with Crippen molar-refractivity contribution in [3.05, 3.63) is 119 Å². The van der Waals surface area contributed by atoms with E-state index in [9.17, 15) is 19.2 Å². The summed E-state index contributed by atoms with van der Waals surface area (Å²) in [5.41, 5.74) is 3.03. The van der Waals surface area contributed by atoms with Gasteiger partial charge in [-0.15, -0.1) is 0 Å². The number of fused-ring (bicyclic) bond motifs is 1. The van der Waals surface area contributed by atoms with E-state index in [1.807, 2.05) is 60.7 Å². The second-order valence-corrected chi connectivity index (χ2v) is 8.21.